The van der Waals surface area contributed by atoms with Gasteiger partial charge in [0.1, 0.15) is 18.7 Å². The number of hydrogen-bond donors (Lipinski definition) is 1. The van der Waals surface area contributed by atoms with Crippen LogP contribution in [0.5, 0.6) is 5.75 Å². The van der Waals surface area contributed by atoms with Crippen LogP contribution < -0.4 is 10.5 Å². The van der Waals surface area contributed by atoms with Crippen LogP contribution in [0.15, 0.2) is 30.6 Å². The molecular formula is C14H20N4O. The molecule has 0 saturated heterocycles. The fourth-order valence-corrected chi connectivity index (χ4v) is 1.81. The molecule has 0 fully saturated rings. The lowest BCUT2D eigenvalue weighted by Gasteiger charge is -2.10. The van der Waals surface area contributed by atoms with E-state index < -0.39 is 0 Å². The van der Waals surface area contributed by atoms with Gasteiger partial charge in [0.05, 0.1) is 0 Å². The van der Waals surface area contributed by atoms with Crippen molar-refractivity contribution in [3.8, 4) is 5.75 Å². The van der Waals surface area contributed by atoms with E-state index in [9.17, 15) is 0 Å². The number of aromatic nitrogens is 3. The summed E-state index contributed by atoms with van der Waals surface area (Å²) in [6, 6.07) is 7.79. The van der Waals surface area contributed by atoms with Gasteiger partial charge in [-0.15, -0.1) is 0 Å². The summed E-state index contributed by atoms with van der Waals surface area (Å²) in [7, 11) is 0. The van der Waals surface area contributed by atoms with Crippen LogP contribution in [0, 0.1) is 5.92 Å². The Labute approximate surface area is 113 Å². The monoisotopic (exact) mass is 260 g/mol. The van der Waals surface area contributed by atoms with Gasteiger partial charge in [-0.1, -0.05) is 26.0 Å². The summed E-state index contributed by atoms with van der Waals surface area (Å²) in [4.78, 5) is 4.23. The minimum absolute atomic E-state index is 0.417. The summed E-state index contributed by atoms with van der Waals surface area (Å²) in [6.45, 7) is 6.08. The zero-order valence-corrected chi connectivity index (χ0v) is 11.4. The predicted octanol–water partition coefficient (Wildman–Crippen LogP) is 1.97. The zero-order valence-electron chi connectivity index (χ0n) is 11.4. The highest BCUT2D eigenvalue weighted by Gasteiger charge is 2.07. The van der Waals surface area contributed by atoms with Gasteiger partial charge in [-0.05, 0) is 23.6 Å². The summed E-state index contributed by atoms with van der Waals surface area (Å²) in [5.74, 6) is 2.18. The highest BCUT2D eigenvalue weighted by molar-refractivity contribution is 5.28. The molecule has 0 saturated carbocycles. The highest BCUT2D eigenvalue weighted by Crippen LogP contribution is 2.14. The van der Waals surface area contributed by atoms with Gasteiger partial charge in [0.2, 0.25) is 0 Å². The molecule has 0 radical (unpaired) electrons. The molecular weight excluding hydrogens is 240 g/mol. The standard InChI is InChI=1S/C14H20N4O/c1-11(2)8-18-14(16-10-17-18)9-19-13-5-3-4-12(6-13)7-15/h3-6,10-11H,7-9,15H2,1-2H3. The third-order valence-electron chi connectivity index (χ3n) is 2.74. The molecule has 0 aliphatic heterocycles. The van der Waals surface area contributed by atoms with Gasteiger partial charge in [0.25, 0.3) is 0 Å². The maximum Gasteiger partial charge on any atom is 0.164 e. The Bertz CT molecular complexity index is 522. The van der Waals surface area contributed by atoms with Crippen molar-refractivity contribution in [2.75, 3.05) is 0 Å². The van der Waals surface area contributed by atoms with Crippen LogP contribution >= 0.6 is 0 Å². The fraction of sp³-hybridized carbons (Fsp3) is 0.429. The molecule has 19 heavy (non-hydrogen) atoms. The highest BCUT2D eigenvalue weighted by atomic mass is 16.5. The molecule has 0 bridgehead atoms. The summed E-state index contributed by atoms with van der Waals surface area (Å²) in [6.07, 6.45) is 1.57. The van der Waals surface area contributed by atoms with E-state index in [1.807, 2.05) is 28.9 Å². The Balaban J connectivity index is 2.00. The summed E-state index contributed by atoms with van der Waals surface area (Å²) in [5.41, 5.74) is 6.66. The largest absolute Gasteiger partial charge is 0.486 e. The first-order valence-corrected chi connectivity index (χ1v) is 6.47. The van der Waals surface area contributed by atoms with Crippen LogP contribution in [0.4, 0.5) is 0 Å². The van der Waals surface area contributed by atoms with Crippen LogP contribution in [0.25, 0.3) is 0 Å². The normalized spacial score (nSPS) is 10.9. The van der Waals surface area contributed by atoms with Crippen molar-refractivity contribution in [1.82, 2.24) is 14.8 Å². The second-order valence-electron chi connectivity index (χ2n) is 4.89. The molecule has 0 spiro atoms. The SMILES string of the molecule is CC(C)Cn1ncnc1COc1cccc(CN)c1. The molecule has 2 aromatic rings. The Morgan fingerprint density at radius 2 is 2.21 bits per heavy atom. The lowest BCUT2D eigenvalue weighted by atomic mass is 10.2. The summed E-state index contributed by atoms with van der Waals surface area (Å²) < 4.78 is 7.62. The molecule has 0 aliphatic carbocycles. The number of nitrogens with two attached hydrogens (primary N) is 1. The minimum atomic E-state index is 0.417. The maximum atomic E-state index is 5.74. The van der Waals surface area contributed by atoms with Gasteiger partial charge >= 0.3 is 0 Å². The van der Waals surface area contributed by atoms with Gasteiger partial charge in [0.15, 0.2) is 5.82 Å². The van der Waals surface area contributed by atoms with E-state index in [0.717, 1.165) is 23.7 Å². The second-order valence-corrected chi connectivity index (χ2v) is 4.89. The summed E-state index contributed by atoms with van der Waals surface area (Å²) >= 11 is 0. The van der Waals surface area contributed by atoms with Crippen LogP contribution in [0.1, 0.15) is 25.2 Å². The molecule has 1 heterocycles. The van der Waals surface area contributed by atoms with E-state index in [1.54, 1.807) is 6.33 Å². The average molecular weight is 260 g/mol. The Morgan fingerprint density at radius 3 is 2.95 bits per heavy atom. The van der Waals surface area contributed by atoms with E-state index in [0.29, 0.717) is 19.1 Å². The fourth-order valence-electron chi connectivity index (χ4n) is 1.81. The first-order valence-electron chi connectivity index (χ1n) is 6.47. The van der Waals surface area contributed by atoms with E-state index in [-0.39, 0.29) is 0 Å². The van der Waals surface area contributed by atoms with Crippen LogP contribution in [-0.2, 0) is 19.7 Å². The molecule has 0 aliphatic rings. The van der Waals surface area contributed by atoms with Gasteiger partial charge < -0.3 is 10.5 Å². The minimum Gasteiger partial charge on any atom is -0.486 e. The number of rotatable bonds is 6. The third kappa shape index (κ3) is 3.79. The Hall–Kier alpha value is -1.88. The quantitative estimate of drug-likeness (QED) is 0.862. The second kappa shape index (κ2) is 6.33. The zero-order chi connectivity index (χ0) is 13.7. The average Bonchev–Trinajstić information content (AvgIpc) is 2.83. The molecule has 5 heteroatoms. The molecule has 1 aromatic carbocycles. The molecule has 1 aromatic heterocycles. The van der Waals surface area contributed by atoms with E-state index in [1.165, 1.54) is 0 Å². The van der Waals surface area contributed by atoms with Gasteiger partial charge in [0, 0.05) is 13.1 Å². The van der Waals surface area contributed by atoms with Crippen molar-refractivity contribution >= 4 is 0 Å². The Morgan fingerprint density at radius 1 is 1.37 bits per heavy atom. The van der Waals surface area contributed by atoms with E-state index in [4.69, 9.17) is 10.5 Å². The van der Waals surface area contributed by atoms with Gasteiger partial charge in [-0.2, -0.15) is 5.10 Å². The van der Waals surface area contributed by atoms with Crippen molar-refractivity contribution in [3.05, 3.63) is 42.0 Å². The van der Waals surface area contributed by atoms with Crippen molar-refractivity contribution in [3.63, 3.8) is 0 Å². The molecule has 0 amide bonds. The lowest BCUT2D eigenvalue weighted by molar-refractivity contribution is 0.282. The number of hydrogen-bond acceptors (Lipinski definition) is 4. The maximum absolute atomic E-state index is 5.74. The predicted molar refractivity (Wildman–Crippen MR) is 73.5 cm³/mol. The summed E-state index contributed by atoms with van der Waals surface area (Å²) in [5, 5.41) is 4.21. The lowest BCUT2D eigenvalue weighted by Crippen LogP contribution is -2.12. The molecule has 102 valence electrons. The first kappa shape index (κ1) is 13.5. The van der Waals surface area contributed by atoms with Crippen molar-refractivity contribution in [1.29, 1.82) is 0 Å². The number of benzene rings is 1. The molecule has 0 atom stereocenters. The number of nitrogens with zero attached hydrogens (tertiary/aromatic N) is 3. The van der Waals surface area contributed by atoms with E-state index >= 15 is 0 Å². The van der Waals surface area contributed by atoms with Crippen molar-refractivity contribution in [2.45, 2.75) is 33.5 Å². The number of ether oxygens (including phenoxy) is 1. The molecule has 2 N–H and O–H groups in total. The smallest absolute Gasteiger partial charge is 0.164 e. The van der Waals surface area contributed by atoms with Crippen LogP contribution in [0.2, 0.25) is 0 Å². The Kier molecular flexibility index (Phi) is 4.52. The van der Waals surface area contributed by atoms with Crippen LogP contribution in [0.3, 0.4) is 0 Å². The van der Waals surface area contributed by atoms with Crippen molar-refractivity contribution < 1.29 is 4.74 Å². The molecule has 0 unspecified atom stereocenters. The van der Waals surface area contributed by atoms with Gasteiger partial charge in [-0.3, -0.25) is 0 Å². The van der Waals surface area contributed by atoms with Crippen molar-refractivity contribution in [2.24, 2.45) is 11.7 Å². The third-order valence-corrected chi connectivity index (χ3v) is 2.74. The first-order chi connectivity index (χ1) is 9.19. The molecule has 2 rings (SSSR count). The topological polar surface area (TPSA) is 66.0 Å². The van der Waals surface area contributed by atoms with E-state index in [2.05, 4.69) is 23.9 Å². The molecule has 5 nitrogen and oxygen atoms in total. The van der Waals surface area contributed by atoms with Crippen LogP contribution in [-0.4, -0.2) is 14.8 Å². The van der Waals surface area contributed by atoms with Gasteiger partial charge in [-0.25, -0.2) is 9.67 Å².